The Morgan fingerprint density at radius 1 is 0.812 bits per heavy atom. The first-order valence-corrected chi connectivity index (χ1v) is 4.81. The van der Waals surface area contributed by atoms with Gasteiger partial charge in [-0.3, -0.25) is 9.97 Å². The van der Waals surface area contributed by atoms with Crippen molar-refractivity contribution in [2.75, 3.05) is 0 Å². The minimum Gasteiger partial charge on any atom is -0.264 e. The average Bonchev–Trinajstić information content (AvgIpc) is 2.37. The summed E-state index contributed by atoms with van der Waals surface area (Å²) in [6, 6.07) is 7.53. The number of nitrogens with zero attached hydrogens (tertiary/aromatic N) is 4. The lowest BCUT2D eigenvalue weighted by Crippen LogP contribution is -1.82. The van der Waals surface area contributed by atoms with E-state index in [9.17, 15) is 0 Å². The molecule has 0 aliphatic rings. The molecule has 0 saturated heterocycles. The molecule has 0 aliphatic carbocycles. The van der Waals surface area contributed by atoms with Crippen molar-refractivity contribution < 1.29 is 0 Å². The summed E-state index contributed by atoms with van der Waals surface area (Å²) in [5.74, 6) is 0. The Morgan fingerprint density at radius 2 is 1.31 bits per heavy atom. The Kier molecular flexibility index (Phi) is 3.50. The Labute approximate surface area is 93.4 Å². The third-order valence-electron chi connectivity index (χ3n) is 1.85. The smallest absolute Gasteiger partial charge is 0.0583 e. The van der Waals surface area contributed by atoms with E-state index in [2.05, 4.69) is 20.2 Å². The number of hydrogen-bond donors (Lipinski definition) is 0. The first-order valence-electron chi connectivity index (χ1n) is 4.81. The maximum atomic E-state index is 3.97. The zero-order valence-electron chi connectivity index (χ0n) is 8.56. The van der Waals surface area contributed by atoms with Gasteiger partial charge >= 0.3 is 0 Å². The van der Waals surface area contributed by atoms with Gasteiger partial charge in [-0.05, 0) is 12.1 Å². The number of rotatable bonds is 3. The van der Waals surface area contributed by atoms with Crippen LogP contribution in [0.1, 0.15) is 11.1 Å². The highest BCUT2D eigenvalue weighted by molar-refractivity contribution is 5.82. The van der Waals surface area contributed by atoms with Crippen LogP contribution in [0.4, 0.5) is 0 Å². The largest absolute Gasteiger partial charge is 0.264 e. The summed E-state index contributed by atoms with van der Waals surface area (Å²) >= 11 is 0. The number of hydrogen-bond acceptors (Lipinski definition) is 4. The summed E-state index contributed by atoms with van der Waals surface area (Å²) in [5.41, 5.74) is 1.84. The highest BCUT2D eigenvalue weighted by atomic mass is 15.2. The first kappa shape index (κ1) is 10.2. The van der Waals surface area contributed by atoms with Crippen molar-refractivity contribution in [3.63, 3.8) is 0 Å². The topological polar surface area (TPSA) is 50.5 Å². The molecular formula is C12H10N4. The minimum absolute atomic E-state index is 0.922. The Hall–Kier alpha value is -2.36. The molecule has 2 aromatic heterocycles. The predicted octanol–water partition coefficient (Wildman–Crippen LogP) is 1.93. The van der Waals surface area contributed by atoms with Crippen LogP contribution in [0.15, 0.2) is 59.3 Å². The first-order chi connectivity index (χ1) is 7.95. The molecule has 0 aliphatic heterocycles. The summed E-state index contributed by atoms with van der Waals surface area (Å²) < 4.78 is 0. The molecule has 0 amide bonds. The van der Waals surface area contributed by atoms with Crippen LogP contribution in [0, 0.1) is 0 Å². The van der Waals surface area contributed by atoms with E-state index >= 15 is 0 Å². The molecule has 4 nitrogen and oxygen atoms in total. The molecule has 4 heteroatoms. The second-order valence-corrected chi connectivity index (χ2v) is 3.06. The molecule has 2 rings (SSSR count). The molecule has 78 valence electrons. The van der Waals surface area contributed by atoms with Gasteiger partial charge in [-0.1, -0.05) is 12.1 Å². The van der Waals surface area contributed by atoms with Gasteiger partial charge < -0.3 is 0 Å². The molecule has 0 unspecified atom stereocenters. The van der Waals surface area contributed by atoms with E-state index in [0.29, 0.717) is 0 Å². The fourth-order valence-electron chi connectivity index (χ4n) is 1.10. The van der Waals surface area contributed by atoms with Crippen molar-refractivity contribution in [1.29, 1.82) is 0 Å². The molecule has 0 bridgehead atoms. The normalized spacial score (nSPS) is 11.2. The lowest BCUT2D eigenvalue weighted by Gasteiger charge is -1.88. The fourth-order valence-corrected chi connectivity index (χ4v) is 1.10. The maximum absolute atomic E-state index is 3.97. The van der Waals surface area contributed by atoms with Crippen LogP contribution < -0.4 is 0 Å². The van der Waals surface area contributed by atoms with Crippen molar-refractivity contribution in [1.82, 2.24) is 9.97 Å². The van der Waals surface area contributed by atoms with E-state index in [1.54, 1.807) is 37.2 Å². The van der Waals surface area contributed by atoms with Gasteiger partial charge in [0.2, 0.25) is 0 Å². The highest BCUT2D eigenvalue weighted by Gasteiger charge is 1.84. The molecule has 0 fully saturated rings. The molecule has 0 N–H and O–H groups in total. The van der Waals surface area contributed by atoms with Gasteiger partial charge in [0.15, 0.2) is 0 Å². The van der Waals surface area contributed by atoms with Gasteiger partial charge in [0.1, 0.15) is 0 Å². The van der Waals surface area contributed by atoms with Crippen molar-refractivity contribution in [3.05, 3.63) is 60.2 Å². The zero-order valence-corrected chi connectivity index (χ0v) is 8.56. The van der Waals surface area contributed by atoms with Crippen molar-refractivity contribution >= 4 is 12.4 Å². The van der Waals surface area contributed by atoms with Crippen LogP contribution in [0.2, 0.25) is 0 Å². The average molecular weight is 210 g/mol. The van der Waals surface area contributed by atoms with Crippen molar-refractivity contribution in [2.45, 2.75) is 0 Å². The Morgan fingerprint density at radius 3 is 1.69 bits per heavy atom. The molecule has 16 heavy (non-hydrogen) atoms. The Bertz CT molecular complexity index is 429. The summed E-state index contributed by atoms with van der Waals surface area (Å²) in [4.78, 5) is 7.94. The SMILES string of the molecule is C(=N/N=C/c1cccnc1)/c1cccnc1. The van der Waals surface area contributed by atoms with E-state index in [4.69, 9.17) is 0 Å². The van der Waals surface area contributed by atoms with Crippen LogP contribution in [0.25, 0.3) is 0 Å². The van der Waals surface area contributed by atoms with Crippen LogP contribution in [0.5, 0.6) is 0 Å². The van der Waals surface area contributed by atoms with E-state index in [1.807, 2.05) is 24.3 Å². The Balaban J connectivity index is 1.98. The lowest BCUT2D eigenvalue weighted by atomic mass is 10.3. The molecular weight excluding hydrogens is 200 g/mol. The van der Waals surface area contributed by atoms with Gasteiger partial charge in [0.05, 0.1) is 12.4 Å². The van der Waals surface area contributed by atoms with Crippen molar-refractivity contribution in [2.24, 2.45) is 10.2 Å². The van der Waals surface area contributed by atoms with E-state index in [1.165, 1.54) is 0 Å². The lowest BCUT2D eigenvalue weighted by molar-refractivity contribution is 1.25. The molecule has 0 aromatic carbocycles. The van der Waals surface area contributed by atoms with Gasteiger partial charge in [0, 0.05) is 35.9 Å². The van der Waals surface area contributed by atoms with Gasteiger partial charge in [-0.15, -0.1) is 0 Å². The van der Waals surface area contributed by atoms with Gasteiger partial charge in [-0.2, -0.15) is 10.2 Å². The minimum atomic E-state index is 0.922. The molecule has 0 saturated carbocycles. The maximum Gasteiger partial charge on any atom is 0.0583 e. The zero-order chi connectivity index (χ0) is 11.1. The molecule has 2 heterocycles. The van der Waals surface area contributed by atoms with Gasteiger partial charge in [-0.25, -0.2) is 0 Å². The number of aromatic nitrogens is 2. The quantitative estimate of drug-likeness (QED) is 0.574. The third-order valence-corrected chi connectivity index (χ3v) is 1.85. The van der Waals surface area contributed by atoms with Crippen LogP contribution in [0.3, 0.4) is 0 Å². The summed E-state index contributed by atoms with van der Waals surface area (Å²) in [6.07, 6.45) is 10.2. The monoisotopic (exact) mass is 210 g/mol. The second kappa shape index (κ2) is 5.50. The third kappa shape index (κ3) is 3.09. The summed E-state index contributed by atoms with van der Waals surface area (Å²) in [6.45, 7) is 0. The summed E-state index contributed by atoms with van der Waals surface area (Å²) in [7, 11) is 0. The number of pyridine rings is 2. The van der Waals surface area contributed by atoms with E-state index in [0.717, 1.165) is 11.1 Å². The predicted molar refractivity (Wildman–Crippen MR) is 63.7 cm³/mol. The molecule has 0 spiro atoms. The summed E-state index contributed by atoms with van der Waals surface area (Å²) in [5, 5.41) is 7.83. The van der Waals surface area contributed by atoms with E-state index < -0.39 is 0 Å². The highest BCUT2D eigenvalue weighted by Crippen LogP contribution is 1.92. The van der Waals surface area contributed by atoms with Crippen LogP contribution >= 0.6 is 0 Å². The van der Waals surface area contributed by atoms with Crippen molar-refractivity contribution in [3.8, 4) is 0 Å². The van der Waals surface area contributed by atoms with Crippen LogP contribution in [-0.2, 0) is 0 Å². The molecule has 0 radical (unpaired) electrons. The van der Waals surface area contributed by atoms with E-state index in [-0.39, 0.29) is 0 Å². The fraction of sp³-hybridized carbons (Fsp3) is 0. The molecule has 0 atom stereocenters. The standard InChI is InChI=1S/C12H10N4/c1-3-11(7-13-5-1)9-15-16-10-12-4-2-6-14-8-12/h1-10H/b15-9-,16-10+. The molecule has 2 aromatic rings. The van der Waals surface area contributed by atoms with Gasteiger partial charge in [0.25, 0.3) is 0 Å². The second-order valence-electron chi connectivity index (χ2n) is 3.06. The van der Waals surface area contributed by atoms with Crippen LogP contribution in [-0.4, -0.2) is 22.4 Å².